The van der Waals surface area contributed by atoms with E-state index in [4.69, 9.17) is 32.5 Å². The molecule has 1 unspecified atom stereocenters. The van der Waals surface area contributed by atoms with Gasteiger partial charge in [0, 0.05) is 5.02 Å². The number of halogens is 2. The molecule has 2 N–H and O–H groups in total. The molecule has 9 heteroatoms. The topological polar surface area (TPSA) is 76.7 Å². The first-order chi connectivity index (χ1) is 13.3. The second kappa shape index (κ2) is 9.25. The minimum absolute atomic E-state index is 0.199. The normalized spacial score (nSPS) is 18.6. The van der Waals surface area contributed by atoms with E-state index >= 15 is 0 Å². The molecule has 0 spiro atoms. The molecule has 29 heavy (non-hydrogen) atoms. The lowest BCUT2D eigenvalue weighted by Gasteiger charge is -2.32. The van der Waals surface area contributed by atoms with Crippen molar-refractivity contribution >= 4 is 42.1 Å². The zero-order valence-corrected chi connectivity index (χ0v) is 19.3. The van der Waals surface area contributed by atoms with Crippen LogP contribution in [0.25, 0.3) is 0 Å². The number of amides is 2. The molecule has 1 aliphatic heterocycles. The van der Waals surface area contributed by atoms with Gasteiger partial charge >= 0.3 is 7.12 Å². The Labute approximate surface area is 183 Å². The van der Waals surface area contributed by atoms with Crippen LogP contribution in [0, 0.1) is 5.92 Å². The Hall–Kier alpha value is -1.28. The average Bonchev–Trinajstić information content (AvgIpc) is 2.81. The van der Waals surface area contributed by atoms with E-state index in [2.05, 4.69) is 24.5 Å². The maximum Gasteiger partial charge on any atom is 0.481 e. The molecule has 1 heterocycles. The Kier molecular flexibility index (Phi) is 7.66. The van der Waals surface area contributed by atoms with Crippen LogP contribution in [-0.4, -0.2) is 42.6 Å². The van der Waals surface area contributed by atoms with E-state index in [9.17, 15) is 9.59 Å². The monoisotopic (exact) mass is 442 g/mol. The minimum Gasteiger partial charge on any atom is -0.402 e. The number of rotatable bonds is 7. The maximum absolute atomic E-state index is 12.5. The standard InChI is InChI=1S/C20H29BCl2N2O4/c1-12(2)9-16(21-28-19(3,4)20(5,6)29-21)25-17(26)11-24-18(27)14-10-13(22)7-8-15(14)23/h7-8,10,12,16H,9,11H2,1-6H3,(H,24,27)(H,25,26). The molecule has 1 atom stereocenters. The van der Waals surface area contributed by atoms with Crippen LogP contribution in [0.1, 0.15) is 58.3 Å². The molecule has 0 aromatic heterocycles. The Morgan fingerprint density at radius 3 is 2.24 bits per heavy atom. The van der Waals surface area contributed by atoms with Gasteiger partial charge in [0.05, 0.1) is 34.3 Å². The van der Waals surface area contributed by atoms with E-state index in [1.54, 1.807) is 6.07 Å². The summed E-state index contributed by atoms with van der Waals surface area (Å²) in [5.74, 6) is -0.824. The fourth-order valence-corrected chi connectivity index (χ4v) is 3.36. The van der Waals surface area contributed by atoms with Gasteiger partial charge in [0.15, 0.2) is 0 Å². The lowest BCUT2D eigenvalue weighted by Crippen LogP contribution is -2.51. The smallest absolute Gasteiger partial charge is 0.402 e. The minimum atomic E-state index is -0.565. The van der Waals surface area contributed by atoms with E-state index in [0.717, 1.165) is 0 Å². The summed E-state index contributed by atoms with van der Waals surface area (Å²) in [6.45, 7) is 11.8. The van der Waals surface area contributed by atoms with E-state index in [0.29, 0.717) is 17.4 Å². The fourth-order valence-electron chi connectivity index (χ4n) is 2.98. The third-order valence-corrected chi connectivity index (χ3v) is 5.82. The first-order valence-electron chi connectivity index (χ1n) is 9.70. The summed E-state index contributed by atoms with van der Waals surface area (Å²) in [6.07, 6.45) is 0.677. The summed E-state index contributed by atoms with van der Waals surface area (Å²) in [6, 6.07) is 4.59. The molecule has 0 saturated carbocycles. The summed E-state index contributed by atoms with van der Waals surface area (Å²) < 4.78 is 12.2. The van der Waals surface area contributed by atoms with Crippen molar-refractivity contribution < 1.29 is 18.9 Å². The number of hydrogen-bond donors (Lipinski definition) is 2. The number of nitrogens with one attached hydrogen (secondary N) is 2. The Bertz CT molecular complexity index is 755. The molecule has 0 aliphatic carbocycles. The van der Waals surface area contributed by atoms with Gasteiger partial charge in [0.25, 0.3) is 5.91 Å². The quantitative estimate of drug-likeness (QED) is 0.628. The second-order valence-corrected chi connectivity index (χ2v) is 9.58. The summed E-state index contributed by atoms with van der Waals surface area (Å²) in [4.78, 5) is 24.8. The number of carbonyl (C=O) groups excluding carboxylic acids is 2. The summed E-state index contributed by atoms with van der Waals surface area (Å²) >= 11 is 11.9. The van der Waals surface area contributed by atoms with Crippen molar-refractivity contribution in [2.75, 3.05) is 6.54 Å². The predicted molar refractivity (Wildman–Crippen MR) is 116 cm³/mol. The second-order valence-electron chi connectivity index (χ2n) is 8.74. The molecule has 1 aliphatic rings. The van der Waals surface area contributed by atoms with Crippen molar-refractivity contribution in [3.8, 4) is 0 Å². The van der Waals surface area contributed by atoms with Crippen molar-refractivity contribution in [2.45, 2.75) is 65.1 Å². The highest BCUT2D eigenvalue weighted by Gasteiger charge is 2.54. The molecule has 1 fully saturated rings. The van der Waals surface area contributed by atoms with Gasteiger partial charge in [-0.3, -0.25) is 9.59 Å². The lowest BCUT2D eigenvalue weighted by molar-refractivity contribution is -0.120. The number of benzene rings is 1. The van der Waals surface area contributed by atoms with Crippen LogP contribution in [0.3, 0.4) is 0 Å². The molecule has 2 rings (SSSR count). The highest BCUT2D eigenvalue weighted by Crippen LogP contribution is 2.38. The highest BCUT2D eigenvalue weighted by atomic mass is 35.5. The van der Waals surface area contributed by atoms with Gasteiger partial charge < -0.3 is 19.9 Å². The van der Waals surface area contributed by atoms with E-state index < -0.39 is 24.2 Å². The molecule has 1 aromatic carbocycles. The molecular formula is C20H29BCl2N2O4. The van der Waals surface area contributed by atoms with E-state index in [1.165, 1.54) is 12.1 Å². The van der Waals surface area contributed by atoms with Crippen molar-refractivity contribution in [3.05, 3.63) is 33.8 Å². The Balaban J connectivity index is 2.00. The molecule has 1 aromatic rings. The van der Waals surface area contributed by atoms with Crippen molar-refractivity contribution in [3.63, 3.8) is 0 Å². The van der Waals surface area contributed by atoms with Gasteiger partial charge in [-0.15, -0.1) is 0 Å². The van der Waals surface area contributed by atoms with Crippen molar-refractivity contribution in [1.82, 2.24) is 10.6 Å². The van der Waals surface area contributed by atoms with Crippen LogP contribution >= 0.6 is 23.2 Å². The molecule has 0 bridgehead atoms. The van der Waals surface area contributed by atoms with Crippen LogP contribution in [0.2, 0.25) is 10.0 Å². The molecular weight excluding hydrogens is 414 g/mol. The van der Waals surface area contributed by atoms with Crippen LogP contribution in [0.15, 0.2) is 18.2 Å². The maximum atomic E-state index is 12.5. The fraction of sp³-hybridized carbons (Fsp3) is 0.600. The molecule has 160 valence electrons. The molecule has 6 nitrogen and oxygen atoms in total. The largest absolute Gasteiger partial charge is 0.481 e. The summed E-state index contributed by atoms with van der Waals surface area (Å²) in [7, 11) is -0.565. The molecule has 2 amide bonds. The first kappa shape index (κ1) is 24.0. The third kappa shape index (κ3) is 6.11. The Morgan fingerprint density at radius 1 is 1.10 bits per heavy atom. The van der Waals surface area contributed by atoms with Gasteiger partial charge in [-0.05, 0) is 58.2 Å². The summed E-state index contributed by atoms with van der Waals surface area (Å²) in [5.41, 5.74) is -0.763. The van der Waals surface area contributed by atoms with Crippen molar-refractivity contribution in [1.29, 1.82) is 0 Å². The lowest BCUT2D eigenvalue weighted by atomic mass is 9.74. The highest BCUT2D eigenvalue weighted by molar-refractivity contribution is 6.48. The molecule has 1 saturated heterocycles. The third-order valence-electron chi connectivity index (χ3n) is 5.25. The average molecular weight is 443 g/mol. The summed E-state index contributed by atoms with van der Waals surface area (Å²) in [5, 5.41) is 6.17. The van der Waals surface area contributed by atoms with Gasteiger partial charge in [-0.2, -0.15) is 0 Å². The van der Waals surface area contributed by atoms with Crippen molar-refractivity contribution in [2.24, 2.45) is 5.92 Å². The van der Waals surface area contributed by atoms with Gasteiger partial charge in [-0.25, -0.2) is 0 Å². The Morgan fingerprint density at radius 2 is 1.69 bits per heavy atom. The van der Waals surface area contributed by atoms with Crippen LogP contribution in [-0.2, 0) is 14.1 Å². The van der Waals surface area contributed by atoms with Gasteiger partial charge in [0.2, 0.25) is 5.91 Å². The number of hydrogen-bond acceptors (Lipinski definition) is 4. The van der Waals surface area contributed by atoms with Gasteiger partial charge in [0.1, 0.15) is 0 Å². The van der Waals surface area contributed by atoms with Crippen LogP contribution < -0.4 is 10.6 Å². The first-order valence-corrected chi connectivity index (χ1v) is 10.5. The van der Waals surface area contributed by atoms with Crippen LogP contribution in [0.5, 0.6) is 0 Å². The predicted octanol–water partition coefficient (Wildman–Crippen LogP) is 3.89. The van der Waals surface area contributed by atoms with Gasteiger partial charge in [-0.1, -0.05) is 37.0 Å². The molecule has 0 radical (unpaired) electrons. The SMILES string of the molecule is CC(C)CC(NC(=O)CNC(=O)c1cc(Cl)ccc1Cl)B1OC(C)(C)C(C)(C)O1. The number of carbonyl (C=O) groups is 2. The zero-order valence-electron chi connectivity index (χ0n) is 17.8. The van der Waals surface area contributed by atoms with E-state index in [-0.39, 0.29) is 29.0 Å². The van der Waals surface area contributed by atoms with E-state index in [1.807, 2.05) is 27.7 Å². The van der Waals surface area contributed by atoms with Crippen LogP contribution in [0.4, 0.5) is 0 Å². The zero-order chi connectivity index (χ0) is 22.0.